The van der Waals surface area contributed by atoms with Gasteiger partial charge in [0.2, 0.25) is 5.91 Å². The van der Waals surface area contributed by atoms with Crippen LogP contribution < -0.4 is 10.6 Å². The van der Waals surface area contributed by atoms with E-state index in [0.717, 1.165) is 30.6 Å². The number of carbonyl (C=O) groups excluding carboxylic acids is 1. The summed E-state index contributed by atoms with van der Waals surface area (Å²) in [4.78, 5) is 13.4. The SMILES string of the molecule is CC(O)c1ccccc1N1CCCC(C(N)=O)C1. The highest BCUT2D eigenvalue weighted by Crippen LogP contribution is 2.29. The van der Waals surface area contributed by atoms with Gasteiger partial charge in [0, 0.05) is 24.3 Å². The lowest BCUT2D eigenvalue weighted by Crippen LogP contribution is -2.41. The van der Waals surface area contributed by atoms with Gasteiger partial charge in [0.1, 0.15) is 0 Å². The van der Waals surface area contributed by atoms with Crippen molar-refractivity contribution in [3.63, 3.8) is 0 Å². The number of piperidine rings is 1. The van der Waals surface area contributed by atoms with E-state index >= 15 is 0 Å². The lowest BCUT2D eigenvalue weighted by atomic mass is 9.96. The van der Waals surface area contributed by atoms with Crippen LogP contribution in [0.4, 0.5) is 5.69 Å². The van der Waals surface area contributed by atoms with E-state index in [0.29, 0.717) is 6.54 Å². The minimum Gasteiger partial charge on any atom is -0.389 e. The minimum atomic E-state index is -0.504. The lowest BCUT2D eigenvalue weighted by molar-refractivity contribution is -0.122. The van der Waals surface area contributed by atoms with Gasteiger partial charge in [-0.25, -0.2) is 0 Å². The van der Waals surface area contributed by atoms with E-state index in [1.165, 1.54) is 0 Å². The summed E-state index contributed by atoms with van der Waals surface area (Å²) in [6.45, 7) is 3.32. The highest BCUT2D eigenvalue weighted by Gasteiger charge is 2.25. The number of aliphatic hydroxyl groups is 1. The standard InChI is InChI=1S/C14H20N2O2/c1-10(17)12-6-2-3-7-13(12)16-8-4-5-11(9-16)14(15)18/h2-3,6-7,10-11,17H,4-5,8-9H2,1H3,(H2,15,18). The number of para-hydroxylation sites is 1. The van der Waals surface area contributed by atoms with Gasteiger partial charge >= 0.3 is 0 Å². The molecule has 18 heavy (non-hydrogen) atoms. The summed E-state index contributed by atoms with van der Waals surface area (Å²) in [5.41, 5.74) is 7.31. The lowest BCUT2D eigenvalue weighted by Gasteiger charge is -2.34. The Morgan fingerprint density at radius 2 is 2.22 bits per heavy atom. The fraction of sp³-hybridized carbons (Fsp3) is 0.500. The predicted molar refractivity (Wildman–Crippen MR) is 71.2 cm³/mol. The first-order valence-corrected chi connectivity index (χ1v) is 6.41. The topological polar surface area (TPSA) is 66.6 Å². The molecule has 0 saturated carbocycles. The molecule has 4 nitrogen and oxygen atoms in total. The van der Waals surface area contributed by atoms with Gasteiger partial charge in [-0.1, -0.05) is 18.2 Å². The molecule has 1 aliphatic heterocycles. The van der Waals surface area contributed by atoms with Crippen LogP contribution in [-0.4, -0.2) is 24.1 Å². The van der Waals surface area contributed by atoms with Crippen molar-refractivity contribution in [2.24, 2.45) is 11.7 Å². The van der Waals surface area contributed by atoms with E-state index < -0.39 is 6.10 Å². The van der Waals surface area contributed by atoms with Crippen molar-refractivity contribution in [2.45, 2.75) is 25.9 Å². The fourth-order valence-corrected chi connectivity index (χ4v) is 2.56. The molecule has 0 spiro atoms. The second kappa shape index (κ2) is 5.40. The number of nitrogens with zero attached hydrogens (tertiary/aromatic N) is 1. The molecule has 0 aliphatic carbocycles. The molecular weight excluding hydrogens is 228 g/mol. The van der Waals surface area contributed by atoms with E-state index in [2.05, 4.69) is 4.90 Å². The fourth-order valence-electron chi connectivity index (χ4n) is 2.56. The first-order chi connectivity index (χ1) is 8.59. The molecule has 3 N–H and O–H groups in total. The molecule has 0 aromatic heterocycles. The summed E-state index contributed by atoms with van der Waals surface area (Å²) in [5.74, 6) is -0.310. The molecule has 2 rings (SSSR count). The normalized spacial score (nSPS) is 21.7. The van der Waals surface area contributed by atoms with Gasteiger partial charge in [-0.15, -0.1) is 0 Å². The quantitative estimate of drug-likeness (QED) is 0.850. The molecule has 98 valence electrons. The zero-order valence-electron chi connectivity index (χ0n) is 10.7. The monoisotopic (exact) mass is 248 g/mol. The Morgan fingerprint density at radius 3 is 2.89 bits per heavy atom. The van der Waals surface area contributed by atoms with E-state index in [1.54, 1.807) is 6.92 Å². The Kier molecular flexibility index (Phi) is 3.87. The second-order valence-corrected chi connectivity index (χ2v) is 4.92. The Bertz CT molecular complexity index is 432. The minimum absolute atomic E-state index is 0.0826. The number of benzene rings is 1. The van der Waals surface area contributed by atoms with Crippen LogP contribution >= 0.6 is 0 Å². The number of carbonyl (C=O) groups is 1. The van der Waals surface area contributed by atoms with Gasteiger partial charge in [-0.3, -0.25) is 4.79 Å². The Balaban J connectivity index is 2.23. The van der Waals surface area contributed by atoms with E-state index in [4.69, 9.17) is 5.73 Å². The van der Waals surface area contributed by atoms with Gasteiger partial charge in [0.15, 0.2) is 0 Å². The third-order valence-electron chi connectivity index (χ3n) is 3.55. The van der Waals surface area contributed by atoms with Gasteiger partial charge < -0.3 is 15.7 Å². The zero-order valence-corrected chi connectivity index (χ0v) is 10.7. The van der Waals surface area contributed by atoms with Crippen LogP contribution in [-0.2, 0) is 4.79 Å². The Morgan fingerprint density at radius 1 is 1.50 bits per heavy atom. The molecule has 0 bridgehead atoms. The number of nitrogens with two attached hydrogens (primary N) is 1. The van der Waals surface area contributed by atoms with Crippen LogP contribution in [0.5, 0.6) is 0 Å². The molecular formula is C14H20N2O2. The first-order valence-electron chi connectivity index (χ1n) is 6.41. The first kappa shape index (κ1) is 12.9. The summed E-state index contributed by atoms with van der Waals surface area (Å²) in [6, 6.07) is 7.79. The van der Waals surface area contributed by atoms with Gasteiger partial charge in [-0.05, 0) is 25.8 Å². The molecule has 0 radical (unpaired) electrons. The van der Waals surface area contributed by atoms with Crippen LogP contribution in [0.25, 0.3) is 0 Å². The average molecular weight is 248 g/mol. The number of anilines is 1. The molecule has 1 fully saturated rings. The molecule has 4 heteroatoms. The average Bonchev–Trinajstić information content (AvgIpc) is 2.39. The van der Waals surface area contributed by atoms with Gasteiger partial charge in [0.05, 0.1) is 12.0 Å². The summed E-state index contributed by atoms with van der Waals surface area (Å²) in [6.07, 6.45) is 1.32. The Hall–Kier alpha value is -1.55. The van der Waals surface area contributed by atoms with Gasteiger partial charge in [0.25, 0.3) is 0 Å². The summed E-state index contributed by atoms with van der Waals surface area (Å²) < 4.78 is 0. The van der Waals surface area contributed by atoms with Crippen molar-refractivity contribution in [3.8, 4) is 0 Å². The molecule has 1 saturated heterocycles. The second-order valence-electron chi connectivity index (χ2n) is 4.92. The van der Waals surface area contributed by atoms with Crippen LogP contribution in [0.15, 0.2) is 24.3 Å². The third-order valence-corrected chi connectivity index (χ3v) is 3.55. The van der Waals surface area contributed by atoms with Crippen LogP contribution in [0.1, 0.15) is 31.4 Å². The number of rotatable bonds is 3. The van der Waals surface area contributed by atoms with E-state index in [-0.39, 0.29) is 11.8 Å². The van der Waals surface area contributed by atoms with Gasteiger partial charge in [-0.2, -0.15) is 0 Å². The summed E-state index contributed by atoms with van der Waals surface area (Å²) in [7, 11) is 0. The van der Waals surface area contributed by atoms with Crippen molar-refractivity contribution in [1.29, 1.82) is 0 Å². The highest BCUT2D eigenvalue weighted by atomic mass is 16.3. The maximum absolute atomic E-state index is 11.3. The summed E-state index contributed by atoms with van der Waals surface area (Å²) in [5, 5.41) is 9.79. The smallest absolute Gasteiger partial charge is 0.222 e. The van der Waals surface area contributed by atoms with E-state index in [1.807, 2.05) is 24.3 Å². The van der Waals surface area contributed by atoms with Crippen molar-refractivity contribution in [1.82, 2.24) is 0 Å². The molecule has 1 aromatic carbocycles. The number of hydrogen-bond donors (Lipinski definition) is 2. The maximum Gasteiger partial charge on any atom is 0.222 e. The number of amides is 1. The largest absolute Gasteiger partial charge is 0.389 e. The number of hydrogen-bond acceptors (Lipinski definition) is 3. The zero-order chi connectivity index (χ0) is 13.1. The van der Waals surface area contributed by atoms with E-state index in [9.17, 15) is 9.90 Å². The maximum atomic E-state index is 11.3. The third kappa shape index (κ3) is 2.64. The van der Waals surface area contributed by atoms with Crippen LogP contribution in [0.2, 0.25) is 0 Å². The van der Waals surface area contributed by atoms with Crippen molar-refractivity contribution >= 4 is 11.6 Å². The predicted octanol–water partition coefficient (Wildman–Crippen LogP) is 1.44. The molecule has 1 aromatic rings. The molecule has 1 aliphatic rings. The number of aliphatic hydroxyl groups excluding tert-OH is 1. The summed E-state index contributed by atoms with van der Waals surface area (Å²) >= 11 is 0. The Labute approximate surface area is 107 Å². The highest BCUT2D eigenvalue weighted by molar-refractivity contribution is 5.77. The molecule has 2 atom stereocenters. The van der Waals surface area contributed by atoms with Crippen molar-refractivity contribution in [2.75, 3.05) is 18.0 Å². The molecule has 2 unspecified atom stereocenters. The van der Waals surface area contributed by atoms with Crippen molar-refractivity contribution < 1.29 is 9.90 Å². The molecule has 1 amide bonds. The number of primary amides is 1. The van der Waals surface area contributed by atoms with Crippen LogP contribution in [0, 0.1) is 5.92 Å². The van der Waals surface area contributed by atoms with Crippen LogP contribution in [0.3, 0.4) is 0 Å². The molecule has 1 heterocycles. The van der Waals surface area contributed by atoms with Crippen molar-refractivity contribution in [3.05, 3.63) is 29.8 Å².